The highest BCUT2D eigenvalue weighted by Gasteiger charge is 2.29. The minimum atomic E-state index is 0.0497. The number of aromatic nitrogens is 1. The molecule has 5 nitrogen and oxygen atoms in total. The summed E-state index contributed by atoms with van der Waals surface area (Å²) in [6.45, 7) is 5.64. The maximum atomic E-state index is 12.0. The van der Waals surface area contributed by atoms with Crippen LogP contribution < -0.4 is 10.6 Å². The first-order valence-electron chi connectivity index (χ1n) is 6.72. The monoisotopic (exact) mass is 262 g/mol. The fraction of sp³-hybridized carbons (Fsp3) is 0.571. The molecule has 2 rings (SSSR count). The maximum Gasteiger partial charge on any atom is 0.225 e. The smallest absolute Gasteiger partial charge is 0.225 e. The highest BCUT2D eigenvalue weighted by molar-refractivity contribution is 5.78. The number of amides is 1. The van der Waals surface area contributed by atoms with Gasteiger partial charge in [0, 0.05) is 26.1 Å². The van der Waals surface area contributed by atoms with Crippen molar-refractivity contribution in [2.24, 2.45) is 5.92 Å². The number of carbonyl (C=O) groups excluding carboxylic acids is 1. The molecule has 1 unspecified atom stereocenters. The normalized spacial score (nSPS) is 18.9. The van der Waals surface area contributed by atoms with E-state index in [0.717, 1.165) is 25.3 Å². The summed E-state index contributed by atoms with van der Waals surface area (Å²) < 4.78 is 0. The number of nitrogens with two attached hydrogens (primary N) is 1. The first-order chi connectivity index (χ1) is 8.99. The third-order valence-corrected chi connectivity index (χ3v) is 3.65. The second-order valence-electron chi connectivity index (χ2n) is 5.44. The molecule has 2 heterocycles. The van der Waals surface area contributed by atoms with Crippen LogP contribution in [0.4, 0.5) is 11.5 Å². The van der Waals surface area contributed by atoms with Crippen molar-refractivity contribution in [3.63, 3.8) is 0 Å². The van der Waals surface area contributed by atoms with Crippen LogP contribution in [-0.4, -0.2) is 42.0 Å². The number of hydrogen-bond acceptors (Lipinski definition) is 4. The van der Waals surface area contributed by atoms with Gasteiger partial charge in [-0.1, -0.05) is 13.8 Å². The number of nitrogens with zero attached hydrogens (tertiary/aromatic N) is 3. The Balaban J connectivity index is 2.00. The van der Waals surface area contributed by atoms with Crippen LogP contribution in [-0.2, 0) is 4.79 Å². The van der Waals surface area contributed by atoms with E-state index in [9.17, 15) is 4.79 Å². The summed E-state index contributed by atoms with van der Waals surface area (Å²) in [6.07, 6.45) is 2.66. The number of pyridine rings is 1. The third-order valence-electron chi connectivity index (χ3n) is 3.65. The molecule has 0 saturated carbocycles. The van der Waals surface area contributed by atoms with E-state index in [-0.39, 0.29) is 17.9 Å². The van der Waals surface area contributed by atoms with E-state index in [1.54, 1.807) is 6.20 Å². The molecule has 0 aliphatic carbocycles. The average molecular weight is 262 g/mol. The van der Waals surface area contributed by atoms with Crippen LogP contribution in [0.15, 0.2) is 18.3 Å². The Morgan fingerprint density at radius 3 is 2.84 bits per heavy atom. The Morgan fingerprint density at radius 1 is 1.53 bits per heavy atom. The Hall–Kier alpha value is -1.78. The summed E-state index contributed by atoms with van der Waals surface area (Å²) >= 11 is 0. The van der Waals surface area contributed by atoms with Gasteiger partial charge in [-0.15, -0.1) is 0 Å². The highest BCUT2D eigenvalue weighted by Crippen LogP contribution is 2.22. The minimum absolute atomic E-state index is 0.0497. The first-order valence-corrected chi connectivity index (χ1v) is 6.72. The molecule has 0 aromatic carbocycles. The SMILES string of the molecule is CC(C)C(=O)N(C)C1CCN(c2ccc(N)cn2)C1. The Kier molecular flexibility index (Phi) is 3.93. The van der Waals surface area contributed by atoms with E-state index in [1.165, 1.54) is 0 Å². The Morgan fingerprint density at radius 2 is 2.26 bits per heavy atom. The van der Waals surface area contributed by atoms with Crippen LogP contribution in [0.5, 0.6) is 0 Å². The molecule has 19 heavy (non-hydrogen) atoms. The summed E-state index contributed by atoms with van der Waals surface area (Å²) in [7, 11) is 1.90. The zero-order valence-corrected chi connectivity index (χ0v) is 11.8. The van der Waals surface area contributed by atoms with Gasteiger partial charge in [-0.25, -0.2) is 4.98 Å². The fourth-order valence-corrected chi connectivity index (χ4v) is 2.44. The minimum Gasteiger partial charge on any atom is -0.397 e. The zero-order valence-electron chi connectivity index (χ0n) is 11.8. The van der Waals surface area contributed by atoms with Crippen LogP contribution in [0.3, 0.4) is 0 Å². The van der Waals surface area contributed by atoms with Crippen molar-refractivity contribution in [1.29, 1.82) is 0 Å². The largest absolute Gasteiger partial charge is 0.397 e. The first kappa shape index (κ1) is 13.6. The summed E-state index contributed by atoms with van der Waals surface area (Å²) in [5, 5.41) is 0. The number of likely N-dealkylation sites (N-methyl/N-ethyl adjacent to an activating group) is 1. The number of anilines is 2. The van der Waals surface area contributed by atoms with Gasteiger partial charge in [0.15, 0.2) is 0 Å². The Bertz CT molecular complexity index is 443. The van der Waals surface area contributed by atoms with Gasteiger partial charge >= 0.3 is 0 Å². The van der Waals surface area contributed by atoms with Gasteiger partial charge in [0.1, 0.15) is 5.82 Å². The third kappa shape index (κ3) is 2.97. The highest BCUT2D eigenvalue weighted by atomic mass is 16.2. The Labute approximate surface area is 114 Å². The molecule has 1 saturated heterocycles. The zero-order chi connectivity index (χ0) is 14.0. The van der Waals surface area contributed by atoms with E-state index >= 15 is 0 Å². The molecule has 1 aromatic rings. The average Bonchev–Trinajstić information content (AvgIpc) is 2.87. The van der Waals surface area contributed by atoms with Crippen molar-refractivity contribution < 1.29 is 4.79 Å². The predicted molar refractivity (Wildman–Crippen MR) is 76.9 cm³/mol. The molecule has 5 heteroatoms. The van der Waals surface area contributed by atoms with Crippen LogP contribution in [0, 0.1) is 5.92 Å². The van der Waals surface area contributed by atoms with Gasteiger partial charge < -0.3 is 15.5 Å². The molecule has 0 bridgehead atoms. The van der Waals surface area contributed by atoms with E-state index in [4.69, 9.17) is 5.73 Å². The van der Waals surface area contributed by atoms with E-state index in [0.29, 0.717) is 5.69 Å². The van der Waals surface area contributed by atoms with Gasteiger partial charge in [0.25, 0.3) is 0 Å². The van der Waals surface area contributed by atoms with Crippen molar-refractivity contribution in [1.82, 2.24) is 9.88 Å². The van der Waals surface area contributed by atoms with Gasteiger partial charge in [-0.05, 0) is 18.6 Å². The molecule has 2 N–H and O–H groups in total. The number of hydrogen-bond donors (Lipinski definition) is 1. The second kappa shape index (κ2) is 5.47. The van der Waals surface area contributed by atoms with Crippen LogP contribution >= 0.6 is 0 Å². The molecule has 1 aliphatic rings. The maximum absolute atomic E-state index is 12.0. The van der Waals surface area contributed by atoms with Crippen molar-refractivity contribution in [3.05, 3.63) is 18.3 Å². The molecule has 1 fully saturated rings. The fourth-order valence-electron chi connectivity index (χ4n) is 2.44. The van der Waals surface area contributed by atoms with Crippen LogP contribution in [0.1, 0.15) is 20.3 Å². The van der Waals surface area contributed by atoms with Crippen molar-refractivity contribution in [3.8, 4) is 0 Å². The summed E-state index contributed by atoms with van der Waals surface area (Å²) in [5.41, 5.74) is 6.31. The van der Waals surface area contributed by atoms with E-state index in [2.05, 4.69) is 9.88 Å². The summed E-state index contributed by atoms with van der Waals surface area (Å²) in [6, 6.07) is 4.06. The quantitative estimate of drug-likeness (QED) is 0.893. The molecule has 1 amide bonds. The molecule has 0 radical (unpaired) electrons. The molecular formula is C14H22N4O. The number of nitrogen functional groups attached to an aromatic ring is 1. The van der Waals surface area contributed by atoms with Gasteiger partial charge in [-0.2, -0.15) is 0 Å². The lowest BCUT2D eigenvalue weighted by Gasteiger charge is -2.26. The molecule has 1 atom stereocenters. The van der Waals surface area contributed by atoms with E-state index < -0.39 is 0 Å². The van der Waals surface area contributed by atoms with Gasteiger partial charge in [-0.3, -0.25) is 4.79 Å². The van der Waals surface area contributed by atoms with Gasteiger partial charge in [0.05, 0.1) is 17.9 Å². The molecule has 104 valence electrons. The van der Waals surface area contributed by atoms with Crippen molar-refractivity contribution in [2.75, 3.05) is 30.8 Å². The van der Waals surface area contributed by atoms with Crippen LogP contribution in [0.2, 0.25) is 0 Å². The lowest BCUT2D eigenvalue weighted by molar-refractivity contribution is -0.134. The van der Waals surface area contributed by atoms with Crippen molar-refractivity contribution in [2.45, 2.75) is 26.3 Å². The number of carbonyl (C=O) groups is 1. The van der Waals surface area contributed by atoms with Crippen LogP contribution in [0.25, 0.3) is 0 Å². The molecule has 1 aromatic heterocycles. The standard InChI is InChI=1S/C14H22N4O/c1-10(2)14(19)17(3)12-6-7-18(9-12)13-5-4-11(15)8-16-13/h4-5,8,10,12H,6-7,9,15H2,1-3H3. The molecule has 0 spiro atoms. The summed E-state index contributed by atoms with van der Waals surface area (Å²) in [5.74, 6) is 1.19. The topological polar surface area (TPSA) is 62.5 Å². The van der Waals surface area contributed by atoms with Crippen molar-refractivity contribution >= 4 is 17.4 Å². The van der Waals surface area contributed by atoms with Gasteiger partial charge in [0.2, 0.25) is 5.91 Å². The number of rotatable bonds is 3. The lowest BCUT2D eigenvalue weighted by atomic mass is 10.1. The molecular weight excluding hydrogens is 240 g/mol. The molecule has 1 aliphatic heterocycles. The predicted octanol–water partition coefficient (Wildman–Crippen LogP) is 1.36. The summed E-state index contributed by atoms with van der Waals surface area (Å²) in [4.78, 5) is 20.4. The lowest BCUT2D eigenvalue weighted by Crippen LogP contribution is -2.41. The van der Waals surface area contributed by atoms with E-state index in [1.807, 2.05) is 37.9 Å². The second-order valence-corrected chi connectivity index (χ2v) is 5.44.